The summed E-state index contributed by atoms with van der Waals surface area (Å²) in [6, 6.07) is 0.413. The first-order valence-corrected chi connectivity index (χ1v) is 8.28. The van der Waals surface area contributed by atoms with Gasteiger partial charge >= 0.3 is 6.18 Å². The molecular formula is C14H9F3N2O4S2. The smallest absolute Gasteiger partial charge is 0.420 e. The number of nitrogens with zero attached hydrogens (tertiary/aromatic N) is 1. The number of amides is 2. The number of carbonyl (C=O) groups is 2. The second kappa shape index (κ2) is 5.92. The summed E-state index contributed by atoms with van der Waals surface area (Å²) >= 11 is 1.38. The van der Waals surface area contributed by atoms with Crippen LogP contribution in [0.25, 0.3) is 0 Å². The Balaban J connectivity index is 2.06. The lowest BCUT2D eigenvalue weighted by Gasteiger charge is -2.12. The molecule has 132 valence electrons. The molecule has 0 radical (unpaired) electrons. The van der Waals surface area contributed by atoms with Gasteiger partial charge in [-0.1, -0.05) is 29.6 Å². The van der Waals surface area contributed by atoms with Crippen molar-refractivity contribution in [3.05, 3.63) is 34.1 Å². The van der Waals surface area contributed by atoms with Crippen LogP contribution in [0.2, 0.25) is 0 Å². The number of hydrogen-bond donors (Lipinski definition) is 3. The van der Waals surface area contributed by atoms with Crippen molar-refractivity contribution in [1.29, 1.82) is 0 Å². The third-order valence-corrected chi connectivity index (χ3v) is 5.95. The maximum Gasteiger partial charge on any atom is 0.420 e. The molecule has 1 aromatic carbocycles. The van der Waals surface area contributed by atoms with E-state index in [9.17, 15) is 33.0 Å². The summed E-state index contributed by atoms with van der Waals surface area (Å²) in [6.45, 7) is 3.50. The normalized spacial score (nSPS) is 20.0. The maximum absolute atomic E-state index is 12.9. The van der Waals surface area contributed by atoms with Gasteiger partial charge in [-0.05, 0) is 6.07 Å². The molecule has 2 aliphatic heterocycles. The van der Waals surface area contributed by atoms with Gasteiger partial charge in [0.15, 0.2) is 0 Å². The molecule has 3 rings (SSSR count). The van der Waals surface area contributed by atoms with E-state index in [1.54, 1.807) is 0 Å². The molecule has 0 atom stereocenters. The number of hydrazine groups is 1. The highest BCUT2D eigenvalue weighted by Crippen LogP contribution is 2.60. The molecule has 2 aliphatic rings. The van der Waals surface area contributed by atoms with Crippen molar-refractivity contribution in [2.24, 2.45) is 0 Å². The molecule has 0 bridgehead atoms. The Morgan fingerprint density at radius 1 is 1.24 bits per heavy atom. The van der Waals surface area contributed by atoms with Crippen LogP contribution in [-0.4, -0.2) is 33.6 Å². The molecule has 0 unspecified atom stereocenters. The molecule has 2 amide bonds. The molecule has 0 aromatic heterocycles. The minimum Gasteiger partial charge on any atom is -0.507 e. The van der Waals surface area contributed by atoms with Crippen LogP contribution in [0.3, 0.4) is 0 Å². The van der Waals surface area contributed by atoms with Crippen molar-refractivity contribution in [2.45, 2.75) is 16.0 Å². The SMILES string of the molecule is C=CCN1NC(=O)/C(=C2/Sc3c(O)cc(C(F)(F)F)c(O)c3S2)C1=O. The van der Waals surface area contributed by atoms with Crippen LogP contribution in [-0.2, 0) is 15.8 Å². The number of rotatable bonds is 2. The van der Waals surface area contributed by atoms with Crippen molar-refractivity contribution in [1.82, 2.24) is 10.4 Å². The van der Waals surface area contributed by atoms with Crippen LogP contribution in [0.15, 0.2) is 38.3 Å². The molecule has 11 heteroatoms. The zero-order valence-corrected chi connectivity index (χ0v) is 13.8. The van der Waals surface area contributed by atoms with E-state index >= 15 is 0 Å². The summed E-state index contributed by atoms with van der Waals surface area (Å²) in [7, 11) is 0. The second-order valence-electron chi connectivity index (χ2n) is 4.96. The number of hydrogen-bond acceptors (Lipinski definition) is 6. The molecule has 1 saturated heterocycles. The maximum atomic E-state index is 12.9. The molecule has 3 N–H and O–H groups in total. The predicted molar refractivity (Wildman–Crippen MR) is 83.6 cm³/mol. The van der Waals surface area contributed by atoms with Crippen molar-refractivity contribution in [3.8, 4) is 11.5 Å². The number of phenolic OH excluding ortho intramolecular Hbond substituents is 2. The summed E-state index contributed by atoms with van der Waals surface area (Å²) in [4.78, 5) is 24.0. The van der Waals surface area contributed by atoms with Crippen LogP contribution in [0.1, 0.15) is 5.56 Å². The third-order valence-electron chi connectivity index (χ3n) is 3.32. The molecule has 0 saturated carbocycles. The zero-order valence-electron chi connectivity index (χ0n) is 12.2. The largest absolute Gasteiger partial charge is 0.507 e. The second-order valence-corrected chi connectivity index (χ2v) is 7.26. The fourth-order valence-corrected chi connectivity index (χ4v) is 4.84. The molecule has 0 aliphatic carbocycles. The third kappa shape index (κ3) is 2.82. The number of halogens is 3. The van der Waals surface area contributed by atoms with E-state index < -0.39 is 35.1 Å². The first-order valence-electron chi connectivity index (χ1n) is 6.65. The van der Waals surface area contributed by atoms with Gasteiger partial charge in [-0.3, -0.25) is 15.0 Å². The van der Waals surface area contributed by atoms with Crippen molar-refractivity contribution >= 4 is 35.3 Å². The lowest BCUT2D eigenvalue weighted by atomic mass is 10.2. The number of thioether (sulfide) groups is 2. The lowest BCUT2D eigenvalue weighted by molar-refractivity contribution is -0.139. The summed E-state index contributed by atoms with van der Waals surface area (Å²) in [6.07, 6.45) is -3.47. The topological polar surface area (TPSA) is 89.9 Å². The standard InChI is InChI=1S/C14H9F3N2O4S2/c1-2-3-19-12(23)7(11(22)18-19)13-24-9-6(20)4-5(14(15,16)17)8(21)10(9)25-13/h2,4,20-21H,1,3H2,(H,18,22)/b13-7+. The summed E-state index contributed by atoms with van der Waals surface area (Å²) < 4.78 is 38.8. The summed E-state index contributed by atoms with van der Waals surface area (Å²) in [5.41, 5.74) is 0.654. The van der Waals surface area contributed by atoms with Gasteiger partial charge < -0.3 is 10.2 Å². The molecule has 1 aromatic rings. The first kappa shape index (κ1) is 17.5. The molecular weight excluding hydrogens is 381 g/mol. The van der Waals surface area contributed by atoms with Gasteiger partial charge in [0.2, 0.25) is 0 Å². The zero-order chi connectivity index (χ0) is 18.5. The average molecular weight is 390 g/mol. The minimum atomic E-state index is -4.86. The van der Waals surface area contributed by atoms with Gasteiger partial charge in [-0.15, -0.1) is 6.58 Å². The number of phenols is 2. The van der Waals surface area contributed by atoms with Gasteiger partial charge in [0.25, 0.3) is 11.8 Å². The quantitative estimate of drug-likeness (QED) is 0.311. The van der Waals surface area contributed by atoms with Crippen LogP contribution in [0.4, 0.5) is 13.2 Å². The van der Waals surface area contributed by atoms with Crippen molar-refractivity contribution in [2.75, 3.05) is 6.54 Å². The fourth-order valence-electron chi connectivity index (χ4n) is 2.23. The van der Waals surface area contributed by atoms with E-state index in [0.29, 0.717) is 17.8 Å². The van der Waals surface area contributed by atoms with Crippen LogP contribution in [0, 0.1) is 0 Å². The van der Waals surface area contributed by atoms with Gasteiger partial charge in [0, 0.05) is 0 Å². The molecule has 1 fully saturated rings. The fraction of sp³-hybridized carbons (Fsp3) is 0.143. The lowest BCUT2D eigenvalue weighted by Crippen LogP contribution is -2.35. The Morgan fingerprint density at radius 3 is 2.48 bits per heavy atom. The van der Waals surface area contributed by atoms with E-state index in [2.05, 4.69) is 12.0 Å². The van der Waals surface area contributed by atoms with E-state index in [4.69, 9.17) is 0 Å². The highest BCUT2D eigenvalue weighted by atomic mass is 32.2. The highest BCUT2D eigenvalue weighted by Gasteiger charge is 2.42. The van der Waals surface area contributed by atoms with Gasteiger partial charge in [-0.25, -0.2) is 5.01 Å². The molecule has 25 heavy (non-hydrogen) atoms. The number of carbonyl (C=O) groups excluding carboxylic acids is 2. The summed E-state index contributed by atoms with van der Waals surface area (Å²) in [5, 5.41) is 20.8. The van der Waals surface area contributed by atoms with Crippen LogP contribution >= 0.6 is 23.5 Å². The molecule has 2 heterocycles. The van der Waals surface area contributed by atoms with Crippen LogP contribution < -0.4 is 5.43 Å². The number of benzene rings is 1. The minimum absolute atomic E-state index is 0.0410. The van der Waals surface area contributed by atoms with E-state index in [0.717, 1.165) is 16.8 Å². The van der Waals surface area contributed by atoms with Gasteiger partial charge in [0.05, 0.1) is 20.6 Å². The number of fused-ring (bicyclic) bond motifs is 1. The summed E-state index contributed by atoms with van der Waals surface area (Å²) in [5.74, 6) is -3.13. The molecule has 6 nitrogen and oxygen atoms in total. The van der Waals surface area contributed by atoms with E-state index in [1.165, 1.54) is 6.08 Å². The Bertz CT molecular complexity index is 851. The van der Waals surface area contributed by atoms with Gasteiger partial charge in [-0.2, -0.15) is 13.2 Å². The van der Waals surface area contributed by atoms with Crippen molar-refractivity contribution < 1.29 is 33.0 Å². The Hall–Kier alpha value is -2.27. The van der Waals surface area contributed by atoms with E-state index in [-0.39, 0.29) is 26.1 Å². The van der Waals surface area contributed by atoms with E-state index in [1.807, 2.05) is 0 Å². The van der Waals surface area contributed by atoms with Gasteiger partial charge in [0.1, 0.15) is 22.6 Å². The first-order chi connectivity index (χ1) is 11.6. The number of nitrogens with one attached hydrogen (secondary N) is 1. The number of alkyl halides is 3. The number of aromatic hydroxyl groups is 2. The van der Waals surface area contributed by atoms with Crippen molar-refractivity contribution in [3.63, 3.8) is 0 Å². The Kier molecular flexibility index (Phi) is 4.15. The monoisotopic (exact) mass is 390 g/mol. The Morgan fingerprint density at radius 2 is 1.88 bits per heavy atom. The molecule has 0 spiro atoms. The Labute approximate surface area is 147 Å². The predicted octanol–water partition coefficient (Wildman–Crippen LogP) is 2.59. The van der Waals surface area contributed by atoms with Crippen LogP contribution in [0.5, 0.6) is 11.5 Å². The average Bonchev–Trinajstić information content (AvgIpc) is 3.05. The highest BCUT2D eigenvalue weighted by molar-refractivity contribution is 8.25.